The number of hydrogen-bond donors (Lipinski definition) is 0. The Hall–Kier alpha value is -0.966. The Bertz CT molecular complexity index is 492. The number of aryl methyl sites for hydroxylation is 1. The fourth-order valence-corrected chi connectivity index (χ4v) is 1.42. The van der Waals surface area contributed by atoms with E-state index >= 15 is 0 Å². The first-order chi connectivity index (χ1) is 7.29. The number of nitrogens with zero attached hydrogens (tertiary/aromatic N) is 1. The van der Waals surface area contributed by atoms with E-state index in [9.17, 15) is 0 Å². The van der Waals surface area contributed by atoms with Crippen LogP contribution in [-0.4, -0.2) is 0 Å². The van der Waals surface area contributed by atoms with Gasteiger partial charge in [-0.2, -0.15) is 0 Å². The molecule has 0 amide bonds. The van der Waals surface area contributed by atoms with Crippen LogP contribution in [-0.2, 0) is 32.7 Å². The number of benzene rings is 2. The zero-order chi connectivity index (χ0) is 10.7. The van der Waals surface area contributed by atoms with E-state index in [1.54, 1.807) is 6.07 Å². The molecule has 0 spiro atoms. The summed E-state index contributed by atoms with van der Waals surface area (Å²) >= 11 is 0. The van der Waals surface area contributed by atoms with Gasteiger partial charge in [0, 0.05) is 32.7 Å². The third-order valence-electron chi connectivity index (χ3n) is 2.32. The molecule has 2 aromatic rings. The molecule has 0 bridgehead atoms. The molecule has 0 heterocycles. The third-order valence-corrected chi connectivity index (χ3v) is 2.32. The van der Waals surface area contributed by atoms with Crippen molar-refractivity contribution >= 4 is 0 Å². The smallest absolute Gasteiger partial charge is 0 e. The molecule has 0 aliphatic heterocycles. The second kappa shape index (κ2) is 5.94. The van der Waals surface area contributed by atoms with Gasteiger partial charge in [0.2, 0.25) is 0 Å². The number of nitriles is 1. The fourth-order valence-electron chi connectivity index (χ4n) is 1.42. The predicted octanol–water partition coefficient (Wildman–Crippen LogP) is 3.33. The Morgan fingerprint density at radius 1 is 1.00 bits per heavy atom. The third kappa shape index (κ3) is 3.01. The SMILES string of the molecule is Cc1ccc(-c2c[c-]c(C#N)cc2)cc1.[Y]. The minimum absolute atomic E-state index is 0. The molecule has 2 rings (SSSR count). The van der Waals surface area contributed by atoms with Crippen LogP contribution in [0.25, 0.3) is 11.1 Å². The van der Waals surface area contributed by atoms with Crippen molar-refractivity contribution in [1.29, 1.82) is 5.26 Å². The van der Waals surface area contributed by atoms with Gasteiger partial charge in [-0.1, -0.05) is 46.5 Å². The van der Waals surface area contributed by atoms with Crippen molar-refractivity contribution < 1.29 is 32.7 Å². The second-order valence-electron chi connectivity index (χ2n) is 3.47. The van der Waals surface area contributed by atoms with Crippen molar-refractivity contribution in [3.05, 3.63) is 59.7 Å². The maximum atomic E-state index is 8.65. The zero-order valence-corrected chi connectivity index (χ0v) is 11.9. The zero-order valence-electron chi connectivity index (χ0n) is 9.07. The Kier molecular flexibility index (Phi) is 4.86. The van der Waals surface area contributed by atoms with Crippen molar-refractivity contribution in [2.45, 2.75) is 6.92 Å². The molecule has 1 nitrogen and oxygen atoms in total. The van der Waals surface area contributed by atoms with E-state index in [1.807, 2.05) is 12.1 Å². The summed E-state index contributed by atoms with van der Waals surface area (Å²) in [5, 5.41) is 8.65. The van der Waals surface area contributed by atoms with Crippen molar-refractivity contribution in [2.24, 2.45) is 0 Å². The van der Waals surface area contributed by atoms with Crippen molar-refractivity contribution in [3.8, 4) is 17.2 Å². The normalized spacial score (nSPS) is 9.00. The molecule has 0 unspecified atom stereocenters. The quantitative estimate of drug-likeness (QED) is 0.735. The summed E-state index contributed by atoms with van der Waals surface area (Å²) in [7, 11) is 0. The van der Waals surface area contributed by atoms with Crippen LogP contribution in [0.5, 0.6) is 0 Å². The average molecular weight is 281 g/mol. The van der Waals surface area contributed by atoms with Gasteiger partial charge in [0.25, 0.3) is 0 Å². The molecule has 2 heteroatoms. The molecule has 0 saturated heterocycles. The molecular formula is C14H10NY-. The molecule has 16 heavy (non-hydrogen) atoms. The van der Waals surface area contributed by atoms with Gasteiger partial charge in [-0.05, 0) is 13.0 Å². The summed E-state index contributed by atoms with van der Waals surface area (Å²) in [5.41, 5.74) is 4.07. The summed E-state index contributed by atoms with van der Waals surface area (Å²) in [5.74, 6) is 0. The molecule has 0 atom stereocenters. The largest absolute Gasteiger partial charge is 0.262 e. The molecule has 1 radical (unpaired) electrons. The topological polar surface area (TPSA) is 23.8 Å². The van der Waals surface area contributed by atoms with Crippen LogP contribution in [0.2, 0.25) is 0 Å². The van der Waals surface area contributed by atoms with Crippen LogP contribution in [0.4, 0.5) is 0 Å². The van der Waals surface area contributed by atoms with Crippen LogP contribution >= 0.6 is 0 Å². The number of rotatable bonds is 1. The Labute approximate surface area is 121 Å². The molecule has 0 aliphatic carbocycles. The molecule has 2 aromatic carbocycles. The van der Waals surface area contributed by atoms with Crippen LogP contribution in [0, 0.1) is 24.3 Å². The summed E-state index contributed by atoms with van der Waals surface area (Å²) in [6.07, 6.45) is 0. The molecule has 0 aromatic heterocycles. The van der Waals surface area contributed by atoms with E-state index in [0.717, 1.165) is 11.1 Å². The first-order valence-corrected chi connectivity index (χ1v) is 4.78. The van der Waals surface area contributed by atoms with Gasteiger partial charge in [0.1, 0.15) is 0 Å². The minimum Gasteiger partial charge on any atom is -0.262 e. The van der Waals surface area contributed by atoms with Gasteiger partial charge in [-0.15, -0.1) is 24.3 Å². The molecule has 0 N–H and O–H groups in total. The van der Waals surface area contributed by atoms with Gasteiger partial charge in [0.15, 0.2) is 0 Å². The molecular weight excluding hydrogens is 271 g/mol. The summed E-state index contributed by atoms with van der Waals surface area (Å²) in [4.78, 5) is 0. The monoisotopic (exact) mass is 281 g/mol. The predicted molar refractivity (Wildman–Crippen MR) is 60.2 cm³/mol. The van der Waals surface area contributed by atoms with Crippen LogP contribution in [0.1, 0.15) is 11.1 Å². The summed E-state index contributed by atoms with van der Waals surface area (Å²) in [6.45, 7) is 2.06. The molecule has 0 saturated carbocycles. The second-order valence-corrected chi connectivity index (χ2v) is 3.47. The standard InChI is InChI=1S/C14H10N.Y/c1-11-2-6-13(7-3-11)14-8-4-12(10-15)5-9-14;/h2-4,6-9H,1H3;/q-1;. The van der Waals surface area contributed by atoms with Gasteiger partial charge in [-0.3, -0.25) is 5.26 Å². The van der Waals surface area contributed by atoms with E-state index in [2.05, 4.69) is 43.3 Å². The Balaban J connectivity index is 0.00000128. The van der Waals surface area contributed by atoms with Crippen LogP contribution < -0.4 is 0 Å². The van der Waals surface area contributed by atoms with Crippen molar-refractivity contribution in [1.82, 2.24) is 0 Å². The molecule has 75 valence electrons. The van der Waals surface area contributed by atoms with Crippen LogP contribution in [0.15, 0.2) is 42.5 Å². The van der Waals surface area contributed by atoms with E-state index in [1.165, 1.54) is 5.56 Å². The fraction of sp³-hybridized carbons (Fsp3) is 0.0714. The Morgan fingerprint density at radius 3 is 2.12 bits per heavy atom. The van der Waals surface area contributed by atoms with E-state index in [4.69, 9.17) is 5.26 Å². The first-order valence-electron chi connectivity index (χ1n) is 4.78. The maximum Gasteiger partial charge on any atom is 0 e. The van der Waals surface area contributed by atoms with Crippen LogP contribution in [0.3, 0.4) is 0 Å². The minimum atomic E-state index is 0. The number of hydrogen-bond acceptors (Lipinski definition) is 1. The van der Waals surface area contributed by atoms with Gasteiger partial charge in [0.05, 0.1) is 0 Å². The van der Waals surface area contributed by atoms with Crippen molar-refractivity contribution in [3.63, 3.8) is 0 Å². The molecule has 0 aliphatic rings. The molecule has 0 fully saturated rings. The van der Waals surface area contributed by atoms with Gasteiger partial charge >= 0.3 is 0 Å². The van der Waals surface area contributed by atoms with E-state index in [-0.39, 0.29) is 32.7 Å². The first kappa shape index (κ1) is 13.1. The Morgan fingerprint density at radius 2 is 1.62 bits per heavy atom. The van der Waals surface area contributed by atoms with Gasteiger partial charge in [-0.25, -0.2) is 0 Å². The van der Waals surface area contributed by atoms with E-state index < -0.39 is 0 Å². The maximum absolute atomic E-state index is 8.65. The average Bonchev–Trinajstić information content (AvgIpc) is 2.30. The van der Waals surface area contributed by atoms with E-state index in [0.29, 0.717) is 5.56 Å². The van der Waals surface area contributed by atoms with Crippen molar-refractivity contribution in [2.75, 3.05) is 0 Å². The van der Waals surface area contributed by atoms with Gasteiger partial charge < -0.3 is 0 Å². The summed E-state index contributed by atoms with van der Waals surface area (Å²) < 4.78 is 0. The summed E-state index contributed by atoms with van der Waals surface area (Å²) in [6, 6.07) is 18.9.